The Morgan fingerprint density at radius 3 is 2.56 bits per heavy atom. The third-order valence-electron chi connectivity index (χ3n) is 3.68. The third kappa shape index (κ3) is 5.78. The van der Waals surface area contributed by atoms with Crippen LogP contribution < -0.4 is 10.6 Å². The van der Waals surface area contributed by atoms with Crippen molar-refractivity contribution in [3.8, 4) is 0 Å². The number of nitrogens with zero attached hydrogens (tertiary/aromatic N) is 1. The average Bonchev–Trinajstić information content (AvgIpc) is 2.66. The van der Waals surface area contributed by atoms with E-state index in [-0.39, 0.29) is 5.69 Å². The van der Waals surface area contributed by atoms with Crippen molar-refractivity contribution in [2.45, 2.75) is 12.5 Å². The standard InChI is InChI=1S/C18H18FN3O4S/c1-27-10-9-15(21-17(23)12-5-3-2-4-6-12)18(24)20-13-7-8-14(19)16(11-13)22(25)26/h2-8,11,15H,9-10H2,1H3,(H,20,24)(H,21,23)/t15-/m0/s1. The van der Waals surface area contributed by atoms with Crippen LogP contribution in [0.2, 0.25) is 0 Å². The zero-order valence-corrected chi connectivity index (χ0v) is 15.3. The van der Waals surface area contributed by atoms with E-state index >= 15 is 0 Å². The van der Waals surface area contributed by atoms with Crippen LogP contribution >= 0.6 is 11.8 Å². The molecule has 27 heavy (non-hydrogen) atoms. The summed E-state index contributed by atoms with van der Waals surface area (Å²) in [5.74, 6) is -1.30. The van der Waals surface area contributed by atoms with Crippen LogP contribution in [0.1, 0.15) is 16.8 Å². The van der Waals surface area contributed by atoms with Gasteiger partial charge >= 0.3 is 5.69 Å². The maximum absolute atomic E-state index is 13.4. The first-order valence-electron chi connectivity index (χ1n) is 8.02. The van der Waals surface area contributed by atoms with Gasteiger partial charge in [0.15, 0.2) is 0 Å². The number of carbonyl (C=O) groups excluding carboxylic acids is 2. The van der Waals surface area contributed by atoms with E-state index < -0.39 is 34.3 Å². The molecule has 0 aromatic heterocycles. The Balaban J connectivity index is 2.13. The van der Waals surface area contributed by atoms with Crippen molar-refractivity contribution < 1.29 is 18.9 Å². The number of halogens is 1. The van der Waals surface area contributed by atoms with Gasteiger partial charge in [-0.15, -0.1) is 0 Å². The molecule has 0 saturated carbocycles. The van der Waals surface area contributed by atoms with Gasteiger partial charge < -0.3 is 10.6 Å². The molecule has 2 N–H and O–H groups in total. The van der Waals surface area contributed by atoms with Crippen LogP contribution in [0, 0.1) is 15.9 Å². The van der Waals surface area contributed by atoms with Crippen molar-refractivity contribution in [3.05, 3.63) is 70.0 Å². The van der Waals surface area contributed by atoms with E-state index in [0.29, 0.717) is 17.7 Å². The van der Waals surface area contributed by atoms with Crippen LogP contribution in [0.5, 0.6) is 0 Å². The lowest BCUT2D eigenvalue weighted by Crippen LogP contribution is -2.44. The molecule has 0 aliphatic rings. The van der Waals surface area contributed by atoms with Gasteiger partial charge in [0, 0.05) is 17.3 Å². The molecule has 2 aromatic rings. The first kappa shape index (κ1) is 20.4. The summed E-state index contributed by atoms with van der Waals surface area (Å²) >= 11 is 1.51. The fourth-order valence-electron chi connectivity index (χ4n) is 2.30. The summed E-state index contributed by atoms with van der Waals surface area (Å²) in [4.78, 5) is 34.8. The van der Waals surface area contributed by atoms with Crippen molar-refractivity contribution >= 4 is 35.0 Å². The summed E-state index contributed by atoms with van der Waals surface area (Å²) in [6.07, 6.45) is 2.24. The highest BCUT2D eigenvalue weighted by Crippen LogP contribution is 2.22. The van der Waals surface area contributed by atoms with Gasteiger partial charge in [-0.1, -0.05) is 18.2 Å². The highest BCUT2D eigenvalue weighted by molar-refractivity contribution is 7.98. The molecule has 0 unspecified atom stereocenters. The van der Waals surface area contributed by atoms with Gasteiger partial charge in [0.25, 0.3) is 5.91 Å². The monoisotopic (exact) mass is 391 g/mol. The maximum atomic E-state index is 13.4. The molecular formula is C18H18FN3O4S. The number of nitro groups is 1. The van der Waals surface area contributed by atoms with Crippen molar-refractivity contribution in [3.63, 3.8) is 0 Å². The zero-order valence-electron chi connectivity index (χ0n) is 14.5. The van der Waals surface area contributed by atoms with Gasteiger partial charge in [0.2, 0.25) is 11.7 Å². The number of thioether (sulfide) groups is 1. The highest BCUT2D eigenvalue weighted by Gasteiger charge is 2.22. The van der Waals surface area contributed by atoms with E-state index in [1.165, 1.54) is 17.8 Å². The quantitative estimate of drug-likeness (QED) is 0.531. The van der Waals surface area contributed by atoms with E-state index in [1.54, 1.807) is 30.3 Å². The summed E-state index contributed by atoms with van der Waals surface area (Å²) in [5, 5.41) is 16.0. The van der Waals surface area contributed by atoms with Crippen LogP contribution in [0.15, 0.2) is 48.5 Å². The van der Waals surface area contributed by atoms with E-state index in [2.05, 4.69) is 10.6 Å². The van der Waals surface area contributed by atoms with Gasteiger partial charge in [-0.25, -0.2) is 0 Å². The zero-order chi connectivity index (χ0) is 19.8. The number of carbonyl (C=O) groups is 2. The summed E-state index contributed by atoms with van der Waals surface area (Å²) in [5.41, 5.74) is -0.241. The molecule has 142 valence electrons. The SMILES string of the molecule is CSCC[C@H](NC(=O)c1ccccc1)C(=O)Nc1ccc(F)c([N+](=O)[O-])c1. The minimum atomic E-state index is -0.991. The number of nitrogens with one attached hydrogen (secondary N) is 2. The second-order valence-corrected chi connectivity index (χ2v) is 6.57. The fourth-order valence-corrected chi connectivity index (χ4v) is 2.77. The first-order chi connectivity index (χ1) is 12.9. The first-order valence-corrected chi connectivity index (χ1v) is 9.41. The molecule has 2 rings (SSSR count). The Labute approximate surface area is 159 Å². The largest absolute Gasteiger partial charge is 0.340 e. The van der Waals surface area contributed by atoms with Crippen molar-refractivity contribution in [2.24, 2.45) is 0 Å². The summed E-state index contributed by atoms with van der Waals surface area (Å²) in [7, 11) is 0. The summed E-state index contributed by atoms with van der Waals surface area (Å²) in [6.45, 7) is 0. The molecule has 1 atom stereocenters. The molecular weight excluding hydrogens is 373 g/mol. The molecule has 0 radical (unpaired) electrons. The lowest BCUT2D eigenvalue weighted by molar-refractivity contribution is -0.387. The smallest absolute Gasteiger partial charge is 0.306 e. The Hall–Kier alpha value is -2.94. The number of hydrogen-bond donors (Lipinski definition) is 2. The lowest BCUT2D eigenvalue weighted by atomic mass is 10.1. The second-order valence-electron chi connectivity index (χ2n) is 5.59. The van der Waals surface area contributed by atoms with Crippen LogP contribution in [-0.4, -0.2) is 34.8 Å². The molecule has 0 saturated heterocycles. The average molecular weight is 391 g/mol. The van der Waals surface area contributed by atoms with Crippen LogP contribution in [-0.2, 0) is 4.79 Å². The van der Waals surface area contributed by atoms with E-state index in [4.69, 9.17) is 0 Å². The van der Waals surface area contributed by atoms with Gasteiger partial charge in [0.1, 0.15) is 6.04 Å². The van der Waals surface area contributed by atoms with Crippen LogP contribution in [0.4, 0.5) is 15.8 Å². The number of amides is 2. The van der Waals surface area contributed by atoms with E-state index in [1.807, 2.05) is 6.26 Å². The van der Waals surface area contributed by atoms with Crippen molar-refractivity contribution in [2.75, 3.05) is 17.3 Å². The fraction of sp³-hybridized carbons (Fsp3) is 0.222. The molecule has 0 aliphatic carbocycles. The lowest BCUT2D eigenvalue weighted by Gasteiger charge is -2.18. The Morgan fingerprint density at radius 2 is 1.93 bits per heavy atom. The Kier molecular flexibility index (Phi) is 7.30. The highest BCUT2D eigenvalue weighted by atomic mass is 32.2. The Morgan fingerprint density at radius 1 is 1.22 bits per heavy atom. The van der Waals surface area contributed by atoms with Crippen molar-refractivity contribution in [1.82, 2.24) is 5.32 Å². The predicted molar refractivity (Wildman–Crippen MR) is 102 cm³/mol. The van der Waals surface area contributed by atoms with Gasteiger partial charge in [-0.3, -0.25) is 19.7 Å². The molecule has 0 fully saturated rings. The third-order valence-corrected chi connectivity index (χ3v) is 4.32. The number of hydrogen-bond acceptors (Lipinski definition) is 5. The van der Waals surface area contributed by atoms with Gasteiger partial charge in [0.05, 0.1) is 4.92 Å². The van der Waals surface area contributed by atoms with Crippen molar-refractivity contribution in [1.29, 1.82) is 0 Å². The maximum Gasteiger partial charge on any atom is 0.306 e. The second kappa shape index (κ2) is 9.67. The van der Waals surface area contributed by atoms with Crippen LogP contribution in [0.3, 0.4) is 0 Å². The number of nitro benzene ring substituents is 1. The van der Waals surface area contributed by atoms with Crippen LogP contribution in [0.25, 0.3) is 0 Å². The Bertz CT molecular complexity index is 833. The summed E-state index contributed by atoms with van der Waals surface area (Å²) < 4.78 is 13.4. The number of anilines is 1. The molecule has 0 bridgehead atoms. The molecule has 0 heterocycles. The number of rotatable bonds is 8. The molecule has 2 aromatic carbocycles. The topological polar surface area (TPSA) is 101 Å². The molecule has 7 nitrogen and oxygen atoms in total. The number of benzene rings is 2. The predicted octanol–water partition coefficient (Wildman–Crippen LogP) is 3.22. The minimum absolute atomic E-state index is 0.0798. The van der Waals surface area contributed by atoms with Gasteiger partial charge in [-0.2, -0.15) is 16.2 Å². The normalized spacial score (nSPS) is 11.5. The van der Waals surface area contributed by atoms with E-state index in [9.17, 15) is 24.1 Å². The minimum Gasteiger partial charge on any atom is -0.340 e. The van der Waals surface area contributed by atoms with Gasteiger partial charge in [-0.05, 0) is 42.7 Å². The molecule has 2 amide bonds. The summed E-state index contributed by atoms with van der Waals surface area (Å²) in [6, 6.07) is 10.7. The molecule has 9 heteroatoms. The molecule has 0 aliphatic heterocycles. The molecule has 0 spiro atoms. The van der Waals surface area contributed by atoms with E-state index in [0.717, 1.165) is 12.1 Å².